The van der Waals surface area contributed by atoms with Crippen LogP contribution in [0.3, 0.4) is 0 Å². The van der Waals surface area contributed by atoms with Gasteiger partial charge in [0.25, 0.3) is 0 Å². The Hall–Kier alpha value is -5.76. The van der Waals surface area contributed by atoms with E-state index in [9.17, 15) is 9.18 Å². The zero-order valence-electron chi connectivity index (χ0n) is 23.2. The number of hydrogen-bond acceptors (Lipinski definition) is 4. The number of carbonyl (C=O) groups excluding carboxylic acids is 1. The average molecular weight is 568 g/mol. The van der Waals surface area contributed by atoms with Gasteiger partial charge in [-0.25, -0.2) is 4.39 Å². The molecule has 210 valence electrons. The molecule has 1 amide bonds. The molecule has 3 aromatic heterocycles. The highest BCUT2D eigenvalue weighted by molar-refractivity contribution is 6.02. The molecule has 0 bridgehead atoms. The van der Waals surface area contributed by atoms with Crippen LogP contribution in [0.1, 0.15) is 5.56 Å². The van der Waals surface area contributed by atoms with E-state index in [-0.39, 0.29) is 18.1 Å². The van der Waals surface area contributed by atoms with E-state index in [1.165, 1.54) is 19.2 Å². The maximum absolute atomic E-state index is 14.3. The Morgan fingerprint density at radius 3 is 2.58 bits per heavy atom. The summed E-state index contributed by atoms with van der Waals surface area (Å²) < 4.78 is 19.6. The third-order valence-electron chi connectivity index (χ3n) is 7.46. The summed E-state index contributed by atoms with van der Waals surface area (Å²) in [5.41, 5.74) is 8.37. The van der Waals surface area contributed by atoms with Crippen molar-refractivity contribution in [2.24, 2.45) is 0 Å². The molecule has 0 saturated heterocycles. The van der Waals surface area contributed by atoms with Gasteiger partial charge < -0.3 is 15.0 Å². The molecule has 3 heterocycles. The van der Waals surface area contributed by atoms with Crippen LogP contribution in [0, 0.1) is 5.82 Å². The van der Waals surface area contributed by atoms with Gasteiger partial charge in [0.1, 0.15) is 17.3 Å². The van der Waals surface area contributed by atoms with Gasteiger partial charge >= 0.3 is 0 Å². The van der Waals surface area contributed by atoms with Crippen molar-refractivity contribution in [1.82, 2.24) is 20.2 Å². The predicted molar refractivity (Wildman–Crippen MR) is 167 cm³/mol. The Kier molecular flexibility index (Phi) is 6.63. The quantitative estimate of drug-likeness (QED) is 0.183. The number of halogens is 1. The second kappa shape index (κ2) is 10.9. The third kappa shape index (κ3) is 5.22. The number of benzene rings is 4. The number of carbonyl (C=O) groups is 1. The van der Waals surface area contributed by atoms with Crippen molar-refractivity contribution in [2.75, 3.05) is 12.4 Å². The Morgan fingerprint density at radius 2 is 1.72 bits per heavy atom. The van der Waals surface area contributed by atoms with Gasteiger partial charge in [-0.2, -0.15) is 5.10 Å². The van der Waals surface area contributed by atoms with Gasteiger partial charge in [0.15, 0.2) is 0 Å². The standard InChI is InChI=1S/C35H26FN5O2/c1-43-27-15-23(13-25(36)17-27)28-8-5-9-31-29(28)18-33(39-31)35-30-16-22(10-11-32(30)40-41-35)24-14-26(20-37-19-24)38-34(42)12-21-6-3-2-4-7-21/h2-11,13-20,39H,12H2,1H3,(H,38,42)(H,40,41). The minimum Gasteiger partial charge on any atom is -0.497 e. The number of aromatic nitrogens is 4. The first-order valence-corrected chi connectivity index (χ1v) is 13.8. The molecule has 0 atom stereocenters. The maximum Gasteiger partial charge on any atom is 0.228 e. The molecule has 0 radical (unpaired) electrons. The zero-order chi connectivity index (χ0) is 29.3. The summed E-state index contributed by atoms with van der Waals surface area (Å²) in [4.78, 5) is 20.5. The van der Waals surface area contributed by atoms with Crippen LogP contribution in [0.2, 0.25) is 0 Å². The van der Waals surface area contributed by atoms with Gasteiger partial charge in [-0.3, -0.25) is 14.9 Å². The van der Waals surface area contributed by atoms with Crippen molar-refractivity contribution in [3.05, 3.63) is 121 Å². The molecule has 8 heteroatoms. The van der Waals surface area contributed by atoms with Gasteiger partial charge in [-0.1, -0.05) is 48.5 Å². The zero-order valence-corrected chi connectivity index (χ0v) is 23.2. The summed E-state index contributed by atoms with van der Waals surface area (Å²) in [5, 5.41) is 12.6. The molecule has 7 rings (SSSR count). The number of fused-ring (bicyclic) bond motifs is 2. The molecule has 0 saturated carbocycles. The Balaban J connectivity index is 1.22. The molecule has 7 aromatic rings. The minimum absolute atomic E-state index is 0.104. The molecule has 0 aliphatic rings. The van der Waals surface area contributed by atoms with Gasteiger partial charge in [-0.15, -0.1) is 0 Å². The van der Waals surface area contributed by atoms with Crippen LogP contribution >= 0.6 is 0 Å². The van der Waals surface area contributed by atoms with Crippen molar-refractivity contribution < 1.29 is 13.9 Å². The van der Waals surface area contributed by atoms with E-state index in [4.69, 9.17) is 4.74 Å². The fourth-order valence-corrected chi connectivity index (χ4v) is 5.42. The minimum atomic E-state index is -0.359. The normalized spacial score (nSPS) is 11.2. The van der Waals surface area contributed by atoms with Crippen molar-refractivity contribution in [1.29, 1.82) is 0 Å². The number of nitrogens with one attached hydrogen (secondary N) is 3. The monoisotopic (exact) mass is 567 g/mol. The van der Waals surface area contributed by atoms with Crippen molar-refractivity contribution in [3.63, 3.8) is 0 Å². The second-order valence-corrected chi connectivity index (χ2v) is 10.3. The highest BCUT2D eigenvalue weighted by Crippen LogP contribution is 2.36. The molecule has 0 aliphatic carbocycles. The highest BCUT2D eigenvalue weighted by Gasteiger charge is 2.15. The van der Waals surface area contributed by atoms with E-state index in [1.807, 2.05) is 78.9 Å². The van der Waals surface area contributed by atoms with Gasteiger partial charge in [0.2, 0.25) is 5.91 Å². The summed E-state index contributed by atoms with van der Waals surface area (Å²) in [5.74, 6) is -0.00208. The van der Waals surface area contributed by atoms with Crippen molar-refractivity contribution in [2.45, 2.75) is 6.42 Å². The number of aromatic amines is 2. The molecule has 0 spiro atoms. The Labute approximate surface area is 246 Å². The van der Waals surface area contributed by atoms with Crippen LogP contribution in [0.25, 0.3) is 55.4 Å². The number of pyridine rings is 1. The highest BCUT2D eigenvalue weighted by atomic mass is 19.1. The van der Waals surface area contributed by atoms with Crippen LogP contribution in [-0.4, -0.2) is 33.2 Å². The number of H-pyrrole nitrogens is 2. The number of ether oxygens (including phenoxy) is 1. The lowest BCUT2D eigenvalue weighted by atomic mass is 10.0. The first-order chi connectivity index (χ1) is 21.0. The van der Waals surface area contributed by atoms with Crippen LogP contribution in [0.15, 0.2) is 109 Å². The lowest BCUT2D eigenvalue weighted by molar-refractivity contribution is -0.115. The summed E-state index contributed by atoms with van der Waals surface area (Å²) in [6.07, 6.45) is 3.70. The van der Waals surface area contributed by atoms with E-state index in [2.05, 4.69) is 31.5 Å². The number of rotatable bonds is 7. The first-order valence-electron chi connectivity index (χ1n) is 13.8. The third-order valence-corrected chi connectivity index (χ3v) is 7.46. The topological polar surface area (TPSA) is 95.7 Å². The molecule has 0 fully saturated rings. The smallest absolute Gasteiger partial charge is 0.228 e. The summed E-state index contributed by atoms with van der Waals surface area (Å²) in [7, 11) is 1.53. The van der Waals surface area contributed by atoms with Gasteiger partial charge in [0, 0.05) is 34.1 Å². The summed E-state index contributed by atoms with van der Waals surface area (Å²) >= 11 is 0. The van der Waals surface area contributed by atoms with Crippen LogP contribution in [0.4, 0.5) is 10.1 Å². The van der Waals surface area contributed by atoms with Gasteiger partial charge in [0.05, 0.1) is 36.6 Å². The maximum atomic E-state index is 14.3. The molecule has 43 heavy (non-hydrogen) atoms. The molecule has 4 aromatic carbocycles. The van der Waals surface area contributed by atoms with E-state index in [0.717, 1.165) is 61.0 Å². The average Bonchev–Trinajstić information content (AvgIpc) is 3.65. The van der Waals surface area contributed by atoms with E-state index >= 15 is 0 Å². The molecule has 0 aliphatic heterocycles. The predicted octanol–water partition coefficient (Wildman–Crippen LogP) is 7.77. The fourth-order valence-electron chi connectivity index (χ4n) is 5.42. The summed E-state index contributed by atoms with van der Waals surface area (Å²) in [6, 6.07) is 30.2. The van der Waals surface area contributed by atoms with Crippen LogP contribution in [-0.2, 0) is 11.2 Å². The Morgan fingerprint density at radius 1 is 0.837 bits per heavy atom. The van der Waals surface area contributed by atoms with Crippen LogP contribution < -0.4 is 10.1 Å². The van der Waals surface area contributed by atoms with Crippen molar-refractivity contribution in [3.8, 4) is 39.4 Å². The lowest BCUT2D eigenvalue weighted by Crippen LogP contribution is -2.14. The number of nitrogens with zero attached hydrogens (tertiary/aromatic N) is 2. The van der Waals surface area contributed by atoms with Crippen LogP contribution in [0.5, 0.6) is 5.75 Å². The number of hydrogen-bond donors (Lipinski definition) is 3. The summed E-state index contributed by atoms with van der Waals surface area (Å²) in [6.45, 7) is 0. The van der Waals surface area contributed by atoms with E-state index in [0.29, 0.717) is 11.4 Å². The molecule has 3 N–H and O–H groups in total. The molecule has 0 unspecified atom stereocenters. The first kappa shape index (κ1) is 26.2. The Bertz CT molecular complexity index is 2120. The number of methoxy groups -OCH3 is 1. The van der Waals surface area contributed by atoms with E-state index < -0.39 is 0 Å². The molecule has 7 nitrogen and oxygen atoms in total. The largest absolute Gasteiger partial charge is 0.497 e. The second-order valence-electron chi connectivity index (χ2n) is 10.3. The lowest BCUT2D eigenvalue weighted by Gasteiger charge is -2.08. The van der Waals surface area contributed by atoms with E-state index in [1.54, 1.807) is 12.4 Å². The van der Waals surface area contributed by atoms with Crippen molar-refractivity contribution >= 4 is 33.4 Å². The molecular formula is C35H26FN5O2. The number of anilines is 1. The fraction of sp³-hybridized carbons (Fsp3) is 0.0571. The SMILES string of the molecule is COc1cc(F)cc(-c2cccc3[nH]c(-c4n[nH]c5ccc(-c6cncc(NC(=O)Cc7ccccc7)c6)cc45)cc23)c1. The molecular weight excluding hydrogens is 541 g/mol. The van der Waals surface area contributed by atoms with Gasteiger partial charge in [-0.05, 0) is 64.7 Å². The number of amides is 1.